The van der Waals surface area contributed by atoms with E-state index in [0.29, 0.717) is 11.1 Å². The molecule has 0 aromatic heterocycles. The van der Waals surface area contributed by atoms with Gasteiger partial charge in [0.15, 0.2) is 0 Å². The molecule has 4 aliphatic rings. The third kappa shape index (κ3) is 3.65. The minimum atomic E-state index is -0.460. The zero-order valence-corrected chi connectivity index (χ0v) is 31.2. The molecule has 6 aromatic carbocycles. The standard InChI is InChI=1S/C50H42O2/c1-47(2)37-15-11-9-13-29(37)33-21-23-35-31-19-17-27(25-39(31)49(5,6)43(35)41(33)47)45(51)46(52)28-18-20-32-36-24-22-34-30-14-10-12-16-38(30)48(3,4)42(34)44(36)50(7,8)40(32)26-28/h9-26H,1-8H3. The summed E-state index contributed by atoms with van der Waals surface area (Å²) in [5.41, 5.74) is 20.2. The lowest BCUT2D eigenvalue weighted by atomic mass is 9.72. The summed E-state index contributed by atoms with van der Waals surface area (Å²) in [5.74, 6) is -0.920. The fourth-order valence-electron chi connectivity index (χ4n) is 10.9. The Hall–Kier alpha value is -5.34. The average molecular weight is 675 g/mol. The number of hydrogen-bond acceptors (Lipinski definition) is 2. The molecule has 0 saturated heterocycles. The van der Waals surface area contributed by atoms with Gasteiger partial charge in [0.05, 0.1) is 0 Å². The number of ketones is 2. The normalized spacial score (nSPS) is 17.6. The second-order valence-corrected chi connectivity index (χ2v) is 17.6. The first kappa shape index (κ1) is 31.4. The minimum Gasteiger partial charge on any atom is -0.285 e. The van der Waals surface area contributed by atoms with Gasteiger partial charge in [0, 0.05) is 32.8 Å². The number of fused-ring (bicyclic) bond motifs is 14. The Bertz CT molecular complexity index is 2470. The summed E-state index contributed by atoms with van der Waals surface area (Å²) >= 11 is 0. The van der Waals surface area contributed by atoms with E-state index in [9.17, 15) is 9.59 Å². The molecule has 52 heavy (non-hydrogen) atoms. The number of rotatable bonds is 3. The summed E-state index contributed by atoms with van der Waals surface area (Å²) in [4.78, 5) is 28.3. The summed E-state index contributed by atoms with van der Waals surface area (Å²) in [7, 11) is 0. The van der Waals surface area contributed by atoms with Gasteiger partial charge >= 0.3 is 0 Å². The monoisotopic (exact) mass is 674 g/mol. The molecule has 4 aliphatic carbocycles. The van der Waals surface area contributed by atoms with Crippen molar-refractivity contribution in [1.29, 1.82) is 0 Å². The lowest BCUT2D eigenvalue weighted by Gasteiger charge is -2.31. The molecule has 2 heteroatoms. The second-order valence-electron chi connectivity index (χ2n) is 17.6. The Kier molecular flexibility index (Phi) is 5.89. The molecule has 0 unspecified atom stereocenters. The van der Waals surface area contributed by atoms with Crippen LogP contribution in [0.5, 0.6) is 0 Å². The van der Waals surface area contributed by atoms with Crippen molar-refractivity contribution < 1.29 is 9.59 Å². The lowest BCUT2D eigenvalue weighted by Crippen LogP contribution is -2.25. The van der Waals surface area contributed by atoms with Crippen LogP contribution in [0.3, 0.4) is 0 Å². The Morgan fingerprint density at radius 3 is 0.942 bits per heavy atom. The summed E-state index contributed by atoms with van der Waals surface area (Å²) in [5, 5.41) is 0. The molecule has 6 aromatic rings. The molecule has 0 aliphatic heterocycles. The molecule has 0 radical (unpaired) electrons. The van der Waals surface area contributed by atoms with Gasteiger partial charge in [-0.25, -0.2) is 0 Å². The highest BCUT2D eigenvalue weighted by Crippen LogP contribution is 2.60. The molecule has 254 valence electrons. The van der Waals surface area contributed by atoms with Gasteiger partial charge in [0.25, 0.3) is 0 Å². The van der Waals surface area contributed by atoms with E-state index < -0.39 is 11.6 Å². The zero-order valence-electron chi connectivity index (χ0n) is 31.2. The highest BCUT2D eigenvalue weighted by molar-refractivity contribution is 6.49. The first-order chi connectivity index (χ1) is 24.7. The minimum absolute atomic E-state index is 0.147. The predicted molar refractivity (Wildman–Crippen MR) is 212 cm³/mol. The van der Waals surface area contributed by atoms with Crippen molar-refractivity contribution in [2.45, 2.75) is 77.0 Å². The van der Waals surface area contributed by atoms with Crippen molar-refractivity contribution in [2.24, 2.45) is 0 Å². The Labute approximate surface area is 306 Å². The van der Waals surface area contributed by atoms with E-state index >= 15 is 0 Å². The van der Waals surface area contributed by atoms with E-state index in [1.807, 2.05) is 24.3 Å². The van der Waals surface area contributed by atoms with Crippen LogP contribution in [0, 0.1) is 0 Å². The highest BCUT2D eigenvalue weighted by Gasteiger charge is 2.47. The van der Waals surface area contributed by atoms with Crippen LogP contribution in [-0.4, -0.2) is 11.6 Å². The van der Waals surface area contributed by atoms with E-state index in [-0.39, 0.29) is 21.7 Å². The smallest absolute Gasteiger partial charge is 0.233 e. The van der Waals surface area contributed by atoms with Crippen molar-refractivity contribution in [2.75, 3.05) is 0 Å². The lowest BCUT2D eigenvalue weighted by molar-refractivity contribution is 0.0817. The van der Waals surface area contributed by atoms with Crippen molar-refractivity contribution in [1.82, 2.24) is 0 Å². The Morgan fingerprint density at radius 2 is 0.596 bits per heavy atom. The van der Waals surface area contributed by atoms with Crippen LogP contribution in [0.4, 0.5) is 0 Å². The zero-order chi connectivity index (χ0) is 36.3. The summed E-state index contributed by atoms with van der Waals surface area (Å²) in [6.07, 6.45) is 0. The van der Waals surface area contributed by atoms with Crippen LogP contribution in [0.25, 0.3) is 44.5 Å². The third-order valence-electron chi connectivity index (χ3n) is 13.4. The largest absolute Gasteiger partial charge is 0.285 e. The maximum atomic E-state index is 14.2. The molecule has 0 spiro atoms. The van der Waals surface area contributed by atoms with Crippen LogP contribution >= 0.6 is 0 Å². The van der Waals surface area contributed by atoms with Crippen molar-refractivity contribution in [3.05, 3.63) is 165 Å². The molecule has 10 rings (SSSR count). The summed E-state index contributed by atoms with van der Waals surface area (Å²) < 4.78 is 0. The Morgan fingerprint density at radius 1 is 0.327 bits per heavy atom. The van der Waals surface area contributed by atoms with Crippen LogP contribution in [-0.2, 0) is 21.7 Å². The molecule has 0 saturated carbocycles. The molecular formula is C50H42O2. The van der Waals surface area contributed by atoms with Gasteiger partial charge in [0.1, 0.15) is 0 Å². The van der Waals surface area contributed by atoms with Gasteiger partial charge in [-0.05, 0) is 101 Å². The fourth-order valence-corrected chi connectivity index (χ4v) is 10.9. The van der Waals surface area contributed by atoms with Crippen molar-refractivity contribution in [3.8, 4) is 44.5 Å². The summed E-state index contributed by atoms with van der Waals surface area (Å²) in [6, 6.07) is 38.4. The first-order valence-corrected chi connectivity index (χ1v) is 18.6. The van der Waals surface area contributed by atoms with Gasteiger partial charge in [-0.3, -0.25) is 9.59 Å². The molecule has 0 amide bonds. The summed E-state index contributed by atoms with van der Waals surface area (Å²) in [6.45, 7) is 18.4. The maximum absolute atomic E-state index is 14.2. The molecule has 0 atom stereocenters. The van der Waals surface area contributed by atoms with Crippen molar-refractivity contribution in [3.63, 3.8) is 0 Å². The van der Waals surface area contributed by atoms with Crippen LogP contribution in [0.1, 0.15) is 121 Å². The molecule has 0 heterocycles. The average Bonchev–Trinajstić information content (AvgIpc) is 3.71. The van der Waals surface area contributed by atoms with Gasteiger partial charge in [-0.15, -0.1) is 0 Å². The first-order valence-electron chi connectivity index (χ1n) is 18.6. The predicted octanol–water partition coefficient (Wildman–Crippen LogP) is 12.0. The third-order valence-corrected chi connectivity index (χ3v) is 13.4. The Balaban J connectivity index is 1.02. The van der Waals surface area contributed by atoms with Gasteiger partial charge in [-0.2, -0.15) is 0 Å². The van der Waals surface area contributed by atoms with Crippen LogP contribution < -0.4 is 0 Å². The molecule has 2 nitrogen and oxygen atoms in total. The number of carbonyl (C=O) groups excluding carboxylic acids is 2. The molecule has 0 N–H and O–H groups in total. The van der Waals surface area contributed by atoms with E-state index in [4.69, 9.17) is 0 Å². The quantitative estimate of drug-likeness (QED) is 0.138. The van der Waals surface area contributed by atoms with Crippen LogP contribution in [0.2, 0.25) is 0 Å². The van der Waals surface area contributed by atoms with E-state index in [0.717, 1.165) is 22.3 Å². The van der Waals surface area contributed by atoms with Gasteiger partial charge in [0.2, 0.25) is 11.6 Å². The van der Waals surface area contributed by atoms with Crippen LogP contribution in [0.15, 0.2) is 109 Å². The van der Waals surface area contributed by atoms with E-state index in [1.54, 1.807) is 0 Å². The SMILES string of the molecule is CC1(C)c2ccccc2-c2ccc3c(c21)C(C)(C)c1cc(C(=O)C(=O)c2ccc4c(c2)C(C)(C)c2c-4ccc4c2C(C)(C)c2ccccc2-4)ccc1-3. The van der Waals surface area contributed by atoms with E-state index in [1.165, 1.54) is 66.8 Å². The molecule has 0 bridgehead atoms. The number of Topliss-reactive ketones (excluding diaryl/α,β-unsaturated/α-hetero) is 2. The number of carbonyl (C=O) groups is 2. The van der Waals surface area contributed by atoms with Crippen molar-refractivity contribution >= 4 is 11.6 Å². The fraction of sp³-hybridized carbons (Fsp3) is 0.240. The number of hydrogen-bond donors (Lipinski definition) is 0. The second kappa shape index (κ2) is 9.75. The van der Waals surface area contributed by atoms with E-state index in [2.05, 4.69) is 140 Å². The molecule has 0 fully saturated rings. The molecular weight excluding hydrogens is 633 g/mol. The topological polar surface area (TPSA) is 34.1 Å². The maximum Gasteiger partial charge on any atom is 0.233 e. The highest BCUT2D eigenvalue weighted by atomic mass is 16.2. The van der Waals surface area contributed by atoms with Gasteiger partial charge < -0.3 is 0 Å². The van der Waals surface area contributed by atoms with Gasteiger partial charge in [-0.1, -0.05) is 152 Å². The number of benzene rings is 6.